The second kappa shape index (κ2) is 5.30. The number of rotatable bonds is 4. The summed E-state index contributed by atoms with van der Waals surface area (Å²) in [5, 5.41) is -0.374. The van der Waals surface area contributed by atoms with E-state index >= 15 is 0 Å². The predicted molar refractivity (Wildman–Crippen MR) is 63.4 cm³/mol. The molecule has 0 spiro atoms. The van der Waals surface area contributed by atoms with Gasteiger partial charge in [0.1, 0.15) is 0 Å². The monoisotopic (exact) mass is 310 g/mol. The Kier molecular flexibility index (Phi) is 4.03. The van der Waals surface area contributed by atoms with Gasteiger partial charge in [0, 0.05) is 32.3 Å². The second-order valence-electron chi connectivity index (χ2n) is 4.53. The zero-order valence-corrected chi connectivity index (χ0v) is 11.4. The average molecular weight is 310 g/mol. The number of aromatic nitrogens is 1. The van der Waals surface area contributed by atoms with E-state index in [0.29, 0.717) is 32.0 Å². The summed E-state index contributed by atoms with van der Waals surface area (Å²) in [7, 11) is -2.29. The van der Waals surface area contributed by atoms with E-state index < -0.39 is 21.8 Å². The van der Waals surface area contributed by atoms with E-state index in [1.54, 1.807) is 0 Å². The van der Waals surface area contributed by atoms with Gasteiger partial charge in [-0.15, -0.1) is 0 Å². The van der Waals surface area contributed by atoms with Crippen molar-refractivity contribution in [3.05, 3.63) is 23.9 Å². The number of methoxy groups -OCH3 is 1. The number of alkyl halides is 3. The van der Waals surface area contributed by atoms with E-state index in [0.717, 1.165) is 6.07 Å². The normalized spacial score (nSPS) is 18.0. The van der Waals surface area contributed by atoms with Gasteiger partial charge in [-0.2, -0.15) is 17.5 Å². The molecule has 1 aromatic rings. The summed E-state index contributed by atoms with van der Waals surface area (Å²) in [4.78, 5) is 3.41. The molecule has 2 rings (SSSR count). The van der Waals surface area contributed by atoms with Crippen LogP contribution in [0, 0.1) is 5.92 Å². The molecule has 20 heavy (non-hydrogen) atoms. The Bertz CT molecular complexity index is 566. The molecule has 0 N–H and O–H groups in total. The molecule has 1 fully saturated rings. The minimum absolute atomic E-state index is 0.115. The summed E-state index contributed by atoms with van der Waals surface area (Å²) >= 11 is 0. The van der Waals surface area contributed by atoms with Gasteiger partial charge < -0.3 is 4.74 Å². The Morgan fingerprint density at radius 1 is 1.40 bits per heavy atom. The third-order valence-electron chi connectivity index (χ3n) is 2.99. The molecule has 0 saturated carbocycles. The van der Waals surface area contributed by atoms with Gasteiger partial charge in [0.05, 0.1) is 12.2 Å². The third-order valence-corrected chi connectivity index (χ3v) is 4.74. The van der Waals surface area contributed by atoms with Gasteiger partial charge in [0.25, 0.3) is 10.0 Å². The molecule has 1 aliphatic rings. The molecule has 0 unspecified atom stereocenters. The van der Waals surface area contributed by atoms with Crippen LogP contribution in [0.4, 0.5) is 13.2 Å². The molecule has 1 aliphatic heterocycles. The summed E-state index contributed by atoms with van der Waals surface area (Å²) in [6.07, 6.45) is -4.01. The molecule has 9 heteroatoms. The van der Waals surface area contributed by atoms with E-state index in [2.05, 4.69) is 4.98 Å². The van der Waals surface area contributed by atoms with E-state index in [1.165, 1.54) is 11.4 Å². The molecular formula is C11H13F3N2O3S. The maximum atomic E-state index is 12.4. The first-order chi connectivity index (χ1) is 9.25. The lowest BCUT2D eigenvalue weighted by atomic mass is 10.1. The summed E-state index contributed by atoms with van der Waals surface area (Å²) in [6, 6.07) is 1.59. The summed E-state index contributed by atoms with van der Waals surface area (Å²) in [5.74, 6) is 0.115. The Hall–Kier alpha value is -1.19. The fourth-order valence-electron chi connectivity index (χ4n) is 1.89. The molecule has 112 valence electrons. The highest BCUT2D eigenvalue weighted by Gasteiger charge is 2.38. The smallest absolute Gasteiger partial charge is 0.384 e. The largest absolute Gasteiger partial charge is 0.417 e. The van der Waals surface area contributed by atoms with Crippen molar-refractivity contribution in [3.63, 3.8) is 0 Å². The third kappa shape index (κ3) is 2.94. The van der Waals surface area contributed by atoms with Crippen LogP contribution in [0.15, 0.2) is 23.4 Å². The molecule has 0 radical (unpaired) electrons. The highest BCUT2D eigenvalue weighted by Crippen LogP contribution is 2.30. The Morgan fingerprint density at radius 3 is 2.50 bits per heavy atom. The number of ether oxygens (including phenoxy) is 1. The van der Waals surface area contributed by atoms with Gasteiger partial charge >= 0.3 is 6.18 Å². The Labute approximate surface area is 114 Å². The molecule has 1 aromatic heterocycles. The van der Waals surface area contributed by atoms with Gasteiger partial charge in [-0.25, -0.2) is 13.4 Å². The lowest BCUT2D eigenvalue weighted by Crippen LogP contribution is -2.51. The van der Waals surface area contributed by atoms with Gasteiger partial charge in [-0.1, -0.05) is 0 Å². The number of sulfonamides is 1. The van der Waals surface area contributed by atoms with Crippen molar-refractivity contribution in [1.29, 1.82) is 0 Å². The van der Waals surface area contributed by atoms with Crippen LogP contribution >= 0.6 is 0 Å². The molecule has 0 amide bonds. The minimum Gasteiger partial charge on any atom is -0.384 e. The van der Waals surface area contributed by atoms with Crippen molar-refractivity contribution < 1.29 is 26.3 Å². The molecule has 5 nitrogen and oxygen atoms in total. The maximum Gasteiger partial charge on any atom is 0.417 e. The zero-order chi connectivity index (χ0) is 15.0. The van der Waals surface area contributed by atoms with Crippen molar-refractivity contribution >= 4 is 10.0 Å². The van der Waals surface area contributed by atoms with Crippen LogP contribution in [-0.4, -0.2) is 44.5 Å². The standard InChI is InChI=1S/C11H13F3N2O3S/c1-19-7-8-5-16(6-8)20(17,18)10-3-2-9(4-15-10)11(12,13)14/h2-4,8H,5-7H2,1H3. The fraction of sp³-hybridized carbons (Fsp3) is 0.545. The summed E-state index contributed by atoms with van der Waals surface area (Å²) in [6.45, 7) is 1.03. The summed E-state index contributed by atoms with van der Waals surface area (Å²) < 4.78 is 67.3. The van der Waals surface area contributed by atoms with Crippen LogP contribution in [0.5, 0.6) is 0 Å². The number of hydrogen-bond acceptors (Lipinski definition) is 4. The predicted octanol–water partition coefficient (Wildman–Crippen LogP) is 1.37. The van der Waals surface area contributed by atoms with Crippen LogP contribution in [0.3, 0.4) is 0 Å². The van der Waals surface area contributed by atoms with Crippen LogP contribution in [0.1, 0.15) is 5.56 Å². The van der Waals surface area contributed by atoms with Crippen molar-refractivity contribution in [1.82, 2.24) is 9.29 Å². The van der Waals surface area contributed by atoms with Gasteiger partial charge in [0.2, 0.25) is 0 Å². The summed E-state index contributed by atoms with van der Waals surface area (Å²) in [5.41, 5.74) is -0.975. The maximum absolute atomic E-state index is 12.4. The van der Waals surface area contributed by atoms with Crippen molar-refractivity contribution in [2.24, 2.45) is 5.92 Å². The number of halogens is 3. The van der Waals surface area contributed by atoms with Gasteiger partial charge in [0.15, 0.2) is 5.03 Å². The average Bonchev–Trinajstić information content (AvgIpc) is 2.32. The highest BCUT2D eigenvalue weighted by atomic mass is 32.2. The van der Waals surface area contributed by atoms with Crippen LogP contribution in [0.2, 0.25) is 0 Å². The first-order valence-corrected chi connectivity index (χ1v) is 7.21. The number of nitrogens with zero attached hydrogens (tertiary/aromatic N) is 2. The van der Waals surface area contributed by atoms with Gasteiger partial charge in [-0.3, -0.25) is 0 Å². The topological polar surface area (TPSA) is 59.5 Å². The fourth-order valence-corrected chi connectivity index (χ4v) is 3.40. The van der Waals surface area contributed by atoms with E-state index in [9.17, 15) is 21.6 Å². The molecule has 0 atom stereocenters. The van der Waals surface area contributed by atoms with E-state index in [-0.39, 0.29) is 10.9 Å². The first-order valence-electron chi connectivity index (χ1n) is 5.77. The zero-order valence-electron chi connectivity index (χ0n) is 10.6. The van der Waals surface area contributed by atoms with E-state index in [1.807, 2.05) is 0 Å². The molecule has 2 heterocycles. The van der Waals surface area contributed by atoms with Crippen molar-refractivity contribution in [2.75, 3.05) is 26.8 Å². The minimum atomic E-state index is -4.53. The van der Waals surface area contributed by atoms with Crippen molar-refractivity contribution in [2.45, 2.75) is 11.2 Å². The lowest BCUT2D eigenvalue weighted by Gasteiger charge is -2.37. The lowest BCUT2D eigenvalue weighted by molar-refractivity contribution is -0.137. The molecule has 1 saturated heterocycles. The number of hydrogen-bond donors (Lipinski definition) is 0. The van der Waals surface area contributed by atoms with Gasteiger partial charge in [-0.05, 0) is 12.1 Å². The number of pyridine rings is 1. The Balaban J connectivity index is 2.11. The highest BCUT2D eigenvalue weighted by molar-refractivity contribution is 7.89. The molecule has 0 aromatic carbocycles. The first kappa shape index (κ1) is 15.2. The van der Waals surface area contributed by atoms with Crippen LogP contribution in [-0.2, 0) is 20.9 Å². The molecular weight excluding hydrogens is 297 g/mol. The Morgan fingerprint density at radius 2 is 2.05 bits per heavy atom. The molecule has 0 aliphatic carbocycles. The van der Waals surface area contributed by atoms with Crippen LogP contribution in [0.25, 0.3) is 0 Å². The van der Waals surface area contributed by atoms with Crippen molar-refractivity contribution in [3.8, 4) is 0 Å². The van der Waals surface area contributed by atoms with Crippen LogP contribution < -0.4 is 0 Å². The SMILES string of the molecule is COCC1CN(S(=O)(=O)c2ccc(C(F)(F)F)cn2)C1. The molecule has 0 bridgehead atoms. The second-order valence-corrected chi connectivity index (χ2v) is 6.41. The quantitative estimate of drug-likeness (QED) is 0.843. The van der Waals surface area contributed by atoms with E-state index in [4.69, 9.17) is 4.74 Å².